The van der Waals surface area contributed by atoms with Crippen LogP contribution in [0, 0.1) is 0 Å². The lowest BCUT2D eigenvalue weighted by atomic mass is 9.98. The van der Waals surface area contributed by atoms with E-state index >= 15 is 0 Å². The smallest absolute Gasteiger partial charge is 0.256 e. The van der Waals surface area contributed by atoms with Crippen LogP contribution in [0.1, 0.15) is 36.0 Å². The quantitative estimate of drug-likeness (QED) is 0.921. The predicted molar refractivity (Wildman–Crippen MR) is 81.3 cm³/mol. The van der Waals surface area contributed by atoms with Crippen LogP contribution in [0.4, 0.5) is 0 Å². The Balaban J connectivity index is 1.67. The molecule has 1 aromatic heterocycles. The average molecular weight is 284 g/mol. The first-order chi connectivity index (χ1) is 10.3. The molecule has 1 N–H and O–H groups in total. The zero-order valence-corrected chi connectivity index (χ0v) is 12.2. The third-order valence-electron chi connectivity index (χ3n) is 5.08. The van der Waals surface area contributed by atoms with Gasteiger partial charge in [0.15, 0.2) is 0 Å². The number of methoxy groups -OCH3 is 1. The fraction of sp³-hybridized carbons (Fsp3) is 0.471. The third kappa shape index (κ3) is 1.97. The number of carbonyl (C=O) groups excluding carboxylic acids is 1. The summed E-state index contributed by atoms with van der Waals surface area (Å²) in [7, 11) is 1.78. The monoisotopic (exact) mass is 284 g/mol. The molecule has 1 amide bonds. The summed E-state index contributed by atoms with van der Waals surface area (Å²) in [5.74, 6) is 0.175. The summed E-state index contributed by atoms with van der Waals surface area (Å²) in [4.78, 5) is 18.3. The highest BCUT2D eigenvalue weighted by Crippen LogP contribution is 2.38. The van der Waals surface area contributed by atoms with Crippen LogP contribution in [0.3, 0.4) is 0 Å². The van der Waals surface area contributed by atoms with Crippen molar-refractivity contribution < 1.29 is 9.53 Å². The zero-order valence-electron chi connectivity index (χ0n) is 12.2. The molecule has 4 nitrogen and oxygen atoms in total. The van der Waals surface area contributed by atoms with Crippen LogP contribution < -0.4 is 0 Å². The van der Waals surface area contributed by atoms with Crippen molar-refractivity contribution in [3.8, 4) is 0 Å². The van der Waals surface area contributed by atoms with Crippen molar-refractivity contribution >= 4 is 16.8 Å². The van der Waals surface area contributed by atoms with E-state index in [0.29, 0.717) is 18.2 Å². The van der Waals surface area contributed by atoms with Crippen LogP contribution in [0.2, 0.25) is 0 Å². The summed E-state index contributed by atoms with van der Waals surface area (Å²) in [5, 5.41) is 1.02. The van der Waals surface area contributed by atoms with Gasteiger partial charge in [0.25, 0.3) is 5.91 Å². The van der Waals surface area contributed by atoms with E-state index in [1.54, 1.807) is 7.11 Å². The zero-order chi connectivity index (χ0) is 14.4. The lowest BCUT2D eigenvalue weighted by molar-refractivity contribution is 0.00832. The highest BCUT2D eigenvalue weighted by molar-refractivity contribution is 6.07. The van der Waals surface area contributed by atoms with Crippen molar-refractivity contribution in [2.45, 2.75) is 43.9 Å². The Morgan fingerprint density at radius 3 is 2.67 bits per heavy atom. The number of fused-ring (bicyclic) bond motifs is 3. The number of hydrogen-bond donors (Lipinski definition) is 1. The molecule has 0 saturated carbocycles. The number of H-pyrrole nitrogens is 1. The minimum atomic E-state index is 0.175. The number of aromatic amines is 1. The van der Waals surface area contributed by atoms with Crippen LogP contribution in [0.25, 0.3) is 10.9 Å². The van der Waals surface area contributed by atoms with E-state index in [1.165, 1.54) is 0 Å². The third-order valence-corrected chi connectivity index (χ3v) is 5.08. The fourth-order valence-electron chi connectivity index (χ4n) is 4.04. The number of piperidine rings is 1. The molecule has 2 atom stereocenters. The summed E-state index contributed by atoms with van der Waals surface area (Å²) < 4.78 is 5.52. The number of ether oxygens (including phenoxy) is 1. The molecule has 0 radical (unpaired) electrons. The topological polar surface area (TPSA) is 45.3 Å². The molecule has 2 aliphatic heterocycles. The number of nitrogens with zero attached hydrogens (tertiary/aromatic N) is 1. The maximum absolute atomic E-state index is 13.0. The molecule has 21 heavy (non-hydrogen) atoms. The van der Waals surface area contributed by atoms with Gasteiger partial charge in [-0.15, -0.1) is 0 Å². The Kier molecular flexibility index (Phi) is 3.00. The highest BCUT2D eigenvalue weighted by Gasteiger charge is 2.43. The molecule has 2 bridgehead atoms. The number of para-hydroxylation sites is 1. The van der Waals surface area contributed by atoms with Gasteiger partial charge in [-0.2, -0.15) is 0 Å². The molecular formula is C17H20N2O2. The van der Waals surface area contributed by atoms with Gasteiger partial charge in [-0.25, -0.2) is 0 Å². The van der Waals surface area contributed by atoms with E-state index in [0.717, 1.165) is 42.1 Å². The van der Waals surface area contributed by atoms with Crippen molar-refractivity contribution in [1.82, 2.24) is 9.88 Å². The van der Waals surface area contributed by atoms with Crippen molar-refractivity contribution in [3.05, 3.63) is 36.0 Å². The van der Waals surface area contributed by atoms with Gasteiger partial charge in [0.05, 0.1) is 11.7 Å². The molecule has 2 aliphatic rings. The van der Waals surface area contributed by atoms with Gasteiger partial charge >= 0.3 is 0 Å². The molecule has 4 heteroatoms. The van der Waals surface area contributed by atoms with Crippen molar-refractivity contribution in [3.63, 3.8) is 0 Å². The van der Waals surface area contributed by atoms with Gasteiger partial charge in [-0.05, 0) is 31.7 Å². The molecule has 110 valence electrons. The first-order valence-corrected chi connectivity index (χ1v) is 7.69. The number of benzene rings is 1. The van der Waals surface area contributed by atoms with E-state index in [-0.39, 0.29) is 5.91 Å². The van der Waals surface area contributed by atoms with E-state index in [1.807, 2.05) is 30.5 Å². The molecule has 0 spiro atoms. The van der Waals surface area contributed by atoms with Crippen LogP contribution >= 0.6 is 0 Å². The van der Waals surface area contributed by atoms with Gasteiger partial charge in [-0.3, -0.25) is 4.79 Å². The number of hydrogen-bond acceptors (Lipinski definition) is 2. The van der Waals surface area contributed by atoms with Crippen LogP contribution in [0.15, 0.2) is 30.5 Å². The molecule has 3 heterocycles. The minimum absolute atomic E-state index is 0.175. The number of rotatable bonds is 2. The Morgan fingerprint density at radius 2 is 1.95 bits per heavy atom. The number of nitrogens with one attached hydrogen (secondary N) is 1. The van der Waals surface area contributed by atoms with Crippen molar-refractivity contribution in [1.29, 1.82) is 0 Å². The number of carbonyl (C=O) groups is 1. The van der Waals surface area contributed by atoms with E-state index < -0.39 is 0 Å². The first kappa shape index (κ1) is 12.9. The van der Waals surface area contributed by atoms with Crippen LogP contribution in [-0.4, -0.2) is 41.1 Å². The lowest BCUT2D eigenvalue weighted by Gasteiger charge is -2.38. The van der Waals surface area contributed by atoms with E-state index in [9.17, 15) is 4.79 Å². The maximum atomic E-state index is 13.0. The van der Waals surface area contributed by atoms with E-state index in [2.05, 4.69) is 9.88 Å². The normalized spacial score (nSPS) is 28.2. The second-order valence-electron chi connectivity index (χ2n) is 6.17. The Bertz CT molecular complexity index is 664. The SMILES string of the molecule is COC1CC2CCC(C1)N2C(=O)c1c[nH]c2ccccc12. The van der Waals surface area contributed by atoms with Gasteiger partial charge < -0.3 is 14.6 Å². The van der Waals surface area contributed by atoms with Gasteiger partial charge in [-0.1, -0.05) is 18.2 Å². The molecule has 2 aromatic rings. The predicted octanol–water partition coefficient (Wildman–Crippen LogP) is 2.95. The largest absolute Gasteiger partial charge is 0.381 e. The van der Waals surface area contributed by atoms with Crippen LogP contribution in [0.5, 0.6) is 0 Å². The van der Waals surface area contributed by atoms with Crippen molar-refractivity contribution in [2.24, 2.45) is 0 Å². The van der Waals surface area contributed by atoms with Crippen LogP contribution in [-0.2, 0) is 4.74 Å². The van der Waals surface area contributed by atoms with Gasteiger partial charge in [0, 0.05) is 36.3 Å². The Morgan fingerprint density at radius 1 is 1.24 bits per heavy atom. The summed E-state index contributed by atoms with van der Waals surface area (Å²) in [6, 6.07) is 8.69. The summed E-state index contributed by atoms with van der Waals surface area (Å²) >= 11 is 0. The number of amides is 1. The summed E-state index contributed by atoms with van der Waals surface area (Å²) in [6.07, 6.45) is 6.34. The van der Waals surface area contributed by atoms with Gasteiger partial charge in [0.2, 0.25) is 0 Å². The highest BCUT2D eigenvalue weighted by atomic mass is 16.5. The second kappa shape index (κ2) is 4.88. The Labute approximate surface area is 124 Å². The summed E-state index contributed by atoms with van der Waals surface area (Å²) in [6.45, 7) is 0. The molecule has 1 aromatic carbocycles. The molecule has 2 saturated heterocycles. The average Bonchev–Trinajstić information content (AvgIpc) is 3.05. The molecule has 2 fully saturated rings. The number of aromatic nitrogens is 1. The lowest BCUT2D eigenvalue weighted by Crippen LogP contribution is -2.48. The molecule has 0 aliphatic carbocycles. The standard InChI is InChI=1S/C17H20N2O2/c1-21-13-8-11-6-7-12(9-13)19(11)17(20)15-10-18-16-5-3-2-4-14(15)16/h2-5,10-13,18H,6-9H2,1H3. The van der Waals surface area contributed by atoms with Gasteiger partial charge in [0.1, 0.15) is 0 Å². The molecular weight excluding hydrogens is 264 g/mol. The first-order valence-electron chi connectivity index (χ1n) is 7.69. The minimum Gasteiger partial charge on any atom is -0.381 e. The summed E-state index contributed by atoms with van der Waals surface area (Å²) in [5.41, 5.74) is 1.83. The molecule has 4 rings (SSSR count). The fourth-order valence-corrected chi connectivity index (χ4v) is 4.04. The second-order valence-corrected chi connectivity index (χ2v) is 6.17. The maximum Gasteiger partial charge on any atom is 0.256 e. The van der Waals surface area contributed by atoms with E-state index in [4.69, 9.17) is 4.74 Å². The molecule has 2 unspecified atom stereocenters. The van der Waals surface area contributed by atoms with Crippen molar-refractivity contribution in [2.75, 3.05) is 7.11 Å². The Hall–Kier alpha value is -1.81.